The second-order valence-corrected chi connectivity index (χ2v) is 20.7. The molecular weight excluding hydrogens is 827 g/mol. The van der Waals surface area contributed by atoms with Crippen molar-refractivity contribution in [2.45, 2.75) is 347 Å². The van der Waals surface area contributed by atoms with Crippen molar-refractivity contribution in [1.29, 1.82) is 0 Å². The van der Waals surface area contributed by atoms with Gasteiger partial charge < -0.3 is 20.3 Å². The predicted octanol–water partition coefficient (Wildman–Crippen LogP) is 18.6. The molecule has 0 radical (unpaired) electrons. The average molecular weight is 945 g/mol. The van der Waals surface area contributed by atoms with Crippen molar-refractivity contribution in [2.75, 3.05) is 6.61 Å². The molecule has 0 aliphatic carbocycles. The summed E-state index contributed by atoms with van der Waals surface area (Å²) in [6, 6.07) is -0.702. The van der Waals surface area contributed by atoms with E-state index in [1.165, 1.54) is 225 Å². The van der Waals surface area contributed by atoms with Gasteiger partial charge in [0.25, 0.3) is 0 Å². The lowest BCUT2D eigenvalue weighted by Crippen LogP contribution is -2.46. The Bertz CT molecular complexity index is 1060. The van der Waals surface area contributed by atoms with Gasteiger partial charge in [-0.25, -0.2) is 0 Å². The van der Waals surface area contributed by atoms with E-state index in [-0.39, 0.29) is 24.9 Å². The van der Waals surface area contributed by atoms with Gasteiger partial charge in [-0.1, -0.05) is 263 Å². The van der Waals surface area contributed by atoms with Crippen LogP contribution in [0.3, 0.4) is 0 Å². The van der Waals surface area contributed by atoms with Gasteiger partial charge in [-0.3, -0.25) is 9.59 Å². The number of aliphatic hydroxyl groups is 2. The number of hydrogen-bond acceptors (Lipinski definition) is 5. The van der Waals surface area contributed by atoms with Crippen molar-refractivity contribution in [3.05, 3.63) is 24.3 Å². The number of aliphatic hydroxyl groups excluding tert-OH is 2. The first-order chi connectivity index (χ1) is 33.0. The number of esters is 1. The summed E-state index contributed by atoms with van der Waals surface area (Å²) < 4.78 is 5.97. The number of ether oxygens (including phenoxy) is 1. The molecule has 6 heteroatoms. The number of allylic oxidation sites excluding steroid dienone is 4. The third-order valence-corrected chi connectivity index (χ3v) is 14.0. The van der Waals surface area contributed by atoms with Crippen LogP contribution in [0.1, 0.15) is 329 Å². The van der Waals surface area contributed by atoms with Gasteiger partial charge >= 0.3 is 5.97 Å². The van der Waals surface area contributed by atoms with Gasteiger partial charge in [-0.05, 0) is 77.0 Å². The quantitative estimate of drug-likeness (QED) is 0.0321. The molecule has 0 heterocycles. The highest BCUT2D eigenvalue weighted by Gasteiger charge is 2.24. The molecule has 0 saturated carbocycles. The highest BCUT2D eigenvalue weighted by atomic mass is 16.5. The first-order valence-electron chi connectivity index (χ1n) is 30.1. The average Bonchev–Trinajstić information content (AvgIpc) is 3.32. The van der Waals surface area contributed by atoms with Crippen molar-refractivity contribution < 1.29 is 24.5 Å². The maximum Gasteiger partial charge on any atom is 0.306 e. The summed E-state index contributed by atoms with van der Waals surface area (Å²) >= 11 is 0. The number of nitrogens with one attached hydrogen (secondary N) is 1. The first kappa shape index (κ1) is 65.3. The Labute approximate surface area is 418 Å². The molecule has 396 valence electrons. The summed E-state index contributed by atoms with van der Waals surface area (Å²) in [7, 11) is 0. The normalized spacial score (nSPS) is 13.2. The van der Waals surface area contributed by atoms with Crippen LogP contribution < -0.4 is 5.32 Å². The molecule has 0 saturated heterocycles. The number of unbranched alkanes of at least 4 members (excludes halogenated alkanes) is 39. The molecule has 0 spiro atoms. The minimum Gasteiger partial charge on any atom is -0.462 e. The van der Waals surface area contributed by atoms with Crippen molar-refractivity contribution in [3.63, 3.8) is 0 Å². The maximum absolute atomic E-state index is 13.3. The number of rotatable bonds is 55. The summed E-state index contributed by atoms with van der Waals surface area (Å²) in [6.07, 6.45) is 65.3. The Morgan fingerprint density at radius 3 is 1.06 bits per heavy atom. The molecule has 6 nitrogen and oxygen atoms in total. The Kier molecular flexibility index (Phi) is 53.9. The third kappa shape index (κ3) is 50.5. The second-order valence-electron chi connectivity index (χ2n) is 20.7. The molecule has 67 heavy (non-hydrogen) atoms. The SMILES string of the molecule is CCCCCCCC/C=C/CCCCCCCCCC(CC(=O)NC(CO)C(O)CCCCCCCCCCCCCCCCC)OC(=O)CCCCCCC/C=C/CCCCCCCCC. The second kappa shape index (κ2) is 55.3. The Hall–Kier alpha value is -1.66. The van der Waals surface area contributed by atoms with Gasteiger partial charge in [0.05, 0.1) is 25.2 Å². The van der Waals surface area contributed by atoms with Crippen molar-refractivity contribution >= 4 is 11.9 Å². The van der Waals surface area contributed by atoms with Gasteiger partial charge in [0.15, 0.2) is 0 Å². The van der Waals surface area contributed by atoms with Gasteiger partial charge in [0.1, 0.15) is 6.10 Å². The van der Waals surface area contributed by atoms with Gasteiger partial charge in [0.2, 0.25) is 5.91 Å². The summed E-state index contributed by atoms with van der Waals surface area (Å²) in [5.41, 5.74) is 0. The molecule has 0 aromatic rings. The van der Waals surface area contributed by atoms with E-state index in [9.17, 15) is 19.8 Å². The van der Waals surface area contributed by atoms with Crippen LogP contribution in [0.4, 0.5) is 0 Å². The van der Waals surface area contributed by atoms with Crippen LogP contribution in [0.25, 0.3) is 0 Å². The van der Waals surface area contributed by atoms with Crippen LogP contribution in [-0.2, 0) is 14.3 Å². The lowest BCUT2D eigenvalue weighted by Gasteiger charge is -2.24. The highest BCUT2D eigenvalue weighted by molar-refractivity contribution is 5.77. The summed E-state index contributed by atoms with van der Waals surface area (Å²) in [5.74, 6) is -0.469. The largest absolute Gasteiger partial charge is 0.462 e. The molecule has 0 rings (SSSR count). The highest BCUT2D eigenvalue weighted by Crippen LogP contribution is 2.19. The van der Waals surface area contributed by atoms with E-state index in [1.807, 2.05) is 0 Å². The molecule has 1 amide bonds. The first-order valence-corrected chi connectivity index (χ1v) is 30.1. The van der Waals surface area contributed by atoms with Crippen molar-refractivity contribution in [3.8, 4) is 0 Å². The van der Waals surface area contributed by atoms with E-state index in [0.717, 1.165) is 57.8 Å². The molecule has 0 aromatic carbocycles. The molecule has 0 aliphatic heterocycles. The van der Waals surface area contributed by atoms with Crippen LogP contribution in [0.5, 0.6) is 0 Å². The number of carbonyl (C=O) groups is 2. The zero-order chi connectivity index (χ0) is 48.8. The smallest absolute Gasteiger partial charge is 0.306 e. The molecule has 0 aliphatic rings. The lowest BCUT2D eigenvalue weighted by atomic mass is 10.0. The van der Waals surface area contributed by atoms with E-state index in [1.54, 1.807) is 0 Å². The zero-order valence-electron chi connectivity index (χ0n) is 45.3. The van der Waals surface area contributed by atoms with Crippen LogP contribution in [0.15, 0.2) is 24.3 Å². The van der Waals surface area contributed by atoms with Crippen LogP contribution in [0.2, 0.25) is 0 Å². The summed E-state index contributed by atoms with van der Waals surface area (Å²) in [6.45, 7) is 6.52. The maximum atomic E-state index is 13.3. The molecular formula is C61H117NO5. The lowest BCUT2D eigenvalue weighted by molar-refractivity contribution is -0.151. The Morgan fingerprint density at radius 2 is 0.716 bits per heavy atom. The minimum atomic E-state index is -0.788. The standard InChI is InChI=1S/C61H117NO5/c1-4-7-10-13-16-19-22-25-28-30-32-34-37-40-43-46-49-52-57(67-61(66)54-51-48-45-42-39-36-33-29-26-23-20-17-14-11-8-5-2)55-60(65)62-58(56-63)59(64)53-50-47-44-41-38-35-31-27-24-21-18-15-12-9-6-3/h25,28-29,33,57-59,63-64H,4-24,26-27,30-32,34-56H2,1-3H3,(H,62,65)/b28-25+,33-29+. The van der Waals surface area contributed by atoms with Crippen molar-refractivity contribution in [1.82, 2.24) is 5.32 Å². The van der Waals surface area contributed by atoms with Crippen molar-refractivity contribution in [2.24, 2.45) is 0 Å². The monoisotopic (exact) mass is 944 g/mol. The van der Waals surface area contributed by atoms with E-state index >= 15 is 0 Å². The van der Waals surface area contributed by atoms with E-state index in [2.05, 4.69) is 50.4 Å². The molecule has 0 aromatic heterocycles. The Balaban J connectivity index is 4.54. The predicted molar refractivity (Wildman–Crippen MR) is 292 cm³/mol. The fraction of sp³-hybridized carbons (Fsp3) is 0.902. The minimum absolute atomic E-state index is 0.0762. The fourth-order valence-electron chi connectivity index (χ4n) is 9.42. The topological polar surface area (TPSA) is 95.9 Å². The van der Waals surface area contributed by atoms with Crippen LogP contribution in [-0.4, -0.2) is 46.9 Å². The zero-order valence-corrected chi connectivity index (χ0v) is 45.3. The van der Waals surface area contributed by atoms with Gasteiger partial charge in [-0.2, -0.15) is 0 Å². The van der Waals surface area contributed by atoms with E-state index in [0.29, 0.717) is 19.3 Å². The molecule has 3 unspecified atom stereocenters. The van der Waals surface area contributed by atoms with Crippen LogP contribution in [0, 0.1) is 0 Å². The van der Waals surface area contributed by atoms with Gasteiger partial charge in [0, 0.05) is 6.42 Å². The molecule has 0 fully saturated rings. The Morgan fingerprint density at radius 1 is 0.418 bits per heavy atom. The summed E-state index contributed by atoms with van der Waals surface area (Å²) in [4.78, 5) is 26.3. The van der Waals surface area contributed by atoms with E-state index < -0.39 is 18.2 Å². The molecule has 3 atom stereocenters. The molecule has 0 bridgehead atoms. The number of carbonyl (C=O) groups excluding carboxylic acids is 2. The van der Waals surface area contributed by atoms with Crippen LogP contribution >= 0.6 is 0 Å². The fourth-order valence-corrected chi connectivity index (χ4v) is 9.42. The molecule has 3 N–H and O–H groups in total. The van der Waals surface area contributed by atoms with E-state index in [4.69, 9.17) is 4.74 Å². The number of hydrogen-bond donors (Lipinski definition) is 3. The third-order valence-electron chi connectivity index (χ3n) is 14.0. The van der Waals surface area contributed by atoms with Gasteiger partial charge in [-0.15, -0.1) is 0 Å². The number of amides is 1. The summed E-state index contributed by atoms with van der Waals surface area (Å²) in [5, 5.41) is 23.9.